The van der Waals surface area contributed by atoms with E-state index in [2.05, 4.69) is 5.32 Å². The summed E-state index contributed by atoms with van der Waals surface area (Å²) in [6, 6.07) is 1.67. The fourth-order valence-electron chi connectivity index (χ4n) is 1.15. The highest BCUT2D eigenvalue weighted by Crippen LogP contribution is 2.18. The van der Waals surface area contributed by atoms with Crippen molar-refractivity contribution in [2.45, 2.75) is 26.3 Å². The molecule has 5 heteroatoms. The molecule has 1 heterocycles. The molecule has 4 nitrogen and oxygen atoms in total. The minimum atomic E-state index is -1.24. The summed E-state index contributed by atoms with van der Waals surface area (Å²) in [5, 5.41) is 15.2. The fourth-order valence-corrected chi connectivity index (χ4v) is 1.78. The second-order valence-electron chi connectivity index (χ2n) is 4.13. The van der Waals surface area contributed by atoms with Crippen LogP contribution in [0.3, 0.4) is 0 Å². The van der Waals surface area contributed by atoms with E-state index in [4.69, 9.17) is 5.11 Å². The van der Waals surface area contributed by atoms with Gasteiger partial charge in [0.25, 0.3) is 5.91 Å². The molecule has 0 radical (unpaired) electrons. The molecule has 0 saturated heterocycles. The van der Waals surface area contributed by atoms with E-state index in [0.717, 1.165) is 0 Å². The molecular formula is C11H15NO3S. The van der Waals surface area contributed by atoms with E-state index in [0.29, 0.717) is 5.56 Å². The third kappa shape index (κ3) is 2.41. The zero-order chi connectivity index (χ0) is 12.3. The van der Waals surface area contributed by atoms with Crippen molar-refractivity contribution in [2.75, 3.05) is 0 Å². The molecule has 1 aromatic heterocycles. The summed E-state index contributed by atoms with van der Waals surface area (Å²) in [5.41, 5.74) is -0.739. The molecule has 0 bridgehead atoms. The molecule has 0 saturated carbocycles. The first-order chi connectivity index (χ1) is 7.38. The molecule has 1 rings (SSSR count). The van der Waals surface area contributed by atoms with E-state index in [-0.39, 0.29) is 11.8 Å². The lowest BCUT2D eigenvalue weighted by Crippen LogP contribution is -2.55. The predicted octanol–water partition coefficient (Wildman–Crippen LogP) is 1.98. The molecule has 0 aliphatic heterocycles. The number of rotatable bonds is 4. The summed E-state index contributed by atoms with van der Waals surface area (Å²) in [7, 11) is 0. The van der Waals surface area contributed by atoms with Gasteiger partial charge in [0.2, 0.25) is 0 Å². The standard InChI is InChI=1S/C11H15NO3S/c1-7(2)11(3,10(14)15)12-9(13)8-4-5-16-6-8/h4-7H,1-3H3,(H,12,13)(H,14,15)/t11-/m0/s1. The van der Waals surface area contributed by atoms with Crippen LogP contribution < -0.4 is 5.32 Å². The number of carbonyl (C=O) groups is 2. The van der Waals surface area contributed by atoms with Gasteiger partial charge >= 0.3 is 5.97 Å². The van der Waals surface area contributed by atoms with Gasteiger partial charge < -0.3 is 10.4 Å². The Morgan fingerprint density at radius 1 is 1.50 bits per heavy atom. The minimum Gasteiger partial charge on any atom is -0.480 e. The number of carbonyl (C=O) groups excluding carboxylic acids is 1. The van der Waals surface area contributed by atoms with Crippen LogP contribution >= 0.6 is 11.3 Å². The minimum absolute atomic E-state index is 0.187. The Kier molecular flexibility index (Phi) is 3.70. The zero-order valence-corrected chi connectivity index (χ0v) is 10.3. The van der Waals surface area contributed by atoms with Gasteiger partial charge in [-0.15, -0.1) is 0 Å². The van der Waals surface area contributed by atoms with Crippen LogP contribution in [0.2, 0.25) is 0 Å². The van der Waals surface area contributed by atoms with E-state index < -0.39 is 11.5 Å². The van der Waals surface area contributed by atoms with Crippen LogP contribution in [0.5, 0.6) is 0 Å². The van der Waals surface area contributed by atoms with Crippen LogP contribution in [0, 0.1) is 5.92 Å². The van der Waals surface area contributed by atoms with Crippen molar-refractivity contribution in [2.24, 2.45) is 5.92 Å². The van der Waals surface area contributed by atoms with Crippen LogP contribution in [0.25, 0.3) is 0 Å². The summed E-state index contributed by atoms with van der Waals surface area (Å²) in [6.45, 7) is 5.05. The summed E-state index contributed by atoms with van der Waals surface area (Å²) >= 11 is 1.40. The lowest BCUT2D eigenvalue weighted by molar-refractivity contribution is -0.145. The van der Waals surface area contributed by atoms with Gasteiger partial charge in [-0.25, -0.2) is 4.79 Å². The van der Waals surface area contributed by atoms with Crippen molar-refractivity contribution in [3.63, 3.8) is 0 Å². The second kappa shape index (κ2) is 4.65. The number of hydrogen-bond acceptors (Lipinski definition) is 3. The van der Waals surface area contributed by atoms with Gasteiger partial charge in [-0.2, -0.15) is 11.3 Å². The molecule has 1 amide bonds. The summed E-state index contributed by atoms with van der Waals surface area (Å²) in [4.78, 5) is 22.9. The number of amides is 1. The van der Waals surface area contributed by atoms with Gasteiger partial charge in [-0.05, 0) is 24.3 Å². The van der Waals surface area contributed by atoms with E-state index >= 15 is 0 Å². The predicted molar refractivity (Wildman–Crippen MR) is 62.7 cm³/mol. The average Bonchev–Trinajstić information content (AvgIpc) is 2.69. The summed E-state index contributed by atoms with van der Waals surface area (Å²) in [5.74, 6) is -1.56. The Morgan fingerprint density at radius 2 is 2.12 bits per heavy atom. The van der Waals surface area contributed by atoms with Gasteiger partial charge in [-0.1, -0.05) is 13.8 Å². The van der Waals surface area contributed by atoms with Crippen molar-refractivity contribution in [3.8, 4) is 0 Å². The topological polar surface area (TPSA) is 66.4 Å². The highest BCUT2D eigenvalue weighted by molar-refractivity contribution is 7.08. The number of hydrogen-bond donors (Lipinski definition) is 2. The number of thiophene rings is 1. The first kappa shape index (κ1) is 12.7. The Balaban J connectivity index is 2.86. The molecule has 1 atom stereocenters. The van der Waals surface area contributed by atoms with E-state index in [1.54, 1.807) is 30.7 Å². The largest absolute Gasteiger partial charge is 0.480 e. The molecule has 0 fully saturated rings. The van der Waals surface area contributed by atoms with E-state index in [9.17, 15) is 9.59 Å². The van der Waals surface area contributed by atoms with Gasteiger partial charge in [-0.3, -0.25) is 4.79 Å². The van der Waals surface area contributed by atoms with Gasteiger partial charge in [0.05, 0.1) is 5.56 Å². The molecule has 0 aliphatic carbocycles. The fraction of sp³-hybridized carbons (Fsp3) is 0.455. The molecule has 0 aromatic carbocycles. The monoisotopic (exact) mass is 241 g/mol. The smallest absolute Gasteiger partial charge is 0.329 e. The Labute approximate surface area is 98.3 Å². The highest BCUT2D eigenvalue weighted by atomic mass is 32.1. The van der Waals surface area contributed by atoms with Gasteiger partial charge in [0, 0.05) is 5.38 Å². The van der Waals surface area contributed by atoms with Gasteiger partial charge in [0.1, 0.15) is 5.54 Å². The van der Waals surface area contributed by atoms with Crippen molar-refractivity contribution >= 4 is 23.2 Å². The maximum absolute atomic E-state index is 11.8. The Bertz CT molecular complexity index is 386. The maximum atomic E-state index is 11.8. The zero-order valence-electron chi connectivity index (χ0n) is 9.48. The third-order valence-corrected chi connectivity index (χ3v) is 3.44. The molecule has 2 N–H and O–H groups in total. The second-order valence-corrected chi connectivity index (χ2v) is 4.91. The molecule has 0 unspecified atom stereocenters. The molecular weight excluding hydrogens is 226 g/mol. The van der Waals surface area contributed by atoms with E-state index in [1.807, 2.05) is 0 Å². The maximum Gasteiger partial charge on any atom is 0.329 e. The lowest BCUT2D eigenvalue weighted by atomic mass is 9.88. The normalized spacial score (nSPS) is 14.5. The van der Waals surface area contributed by atoms with Crippen molar-refractivity contribution in [3.05, 3.63) is 22.4 Å². The third-order valence-electron chi connectivity index (χ3n) is 2.76. The molecule has 0 spiro atoms. The summed E-state index contributed by atoms with van der Waals surface area (Å²) in [6.07, 6.45) is 0. The average molecular weight is 241 g/mol. The summed E-state index contributed by atoms with van der Waals surface area (Å²) < 4.78 is 0. The number of carboxylic acids is 1. The van der Waals surface area contributed by atoms with Crippen molar-refractivity contribution in [1.29, 1.82) is 0 Å². The molecule has 88 valence electrons. The number of nitrogens with one attached hydrogen (secondary N) is 1. The lowest BCUT2D eigenvalue weighted by Gasteiger charge is -2.30. The van der Waals surface area contributed by atoms with Crippen molar-refractivity contribution in [1.82, 2.24) is 5.32 Å². The first-order valence-electron chi connectivity index (χ1n) is 4.96. The van der Waals surface area contributed by atoms with Crippen LogP contribution in [0.4, 0.5) is 0 Å². The first-order valence-corrected chi connectivity index (χ1v) is 5.90. The van der Waals surface area contributed by atoms with E-state index in [1.165, 1.54) is 18.3 Å². The Hall–Kier alpha value is -1.36. The van der Waals surface area contributed by atoms with Crippen LogP contribution in [-0.2, 0) is 4.79 Å². The molecule has 16 heavy (non-hydrogen) atoms. The van der Waals surface area contributed by atoms with Crippen LogP contribution in [0.1, 0.15) is 31.1 Å². The van der Waals surface area contributed by atoms with Crippen molar-refractivity contribution < 1.29 is 14.7 Å². The highest BCUT2D eigenvalue weighted by Gasteiger charge is 2.38. The van der Waals surface area contributed by atoms with Gasteiger partial charge in [0.15, 0.2) is 0 Å². The molecule has 0 aliphatic rings. The quantitative estimate of drug-likeness (QED) is 0.847. The molecule has 1 aromatic rings. The van der Waals surface area contributed by atoms with Crippen LogP contribution in [0.15, 0.2) is 16.8 Å². The Morgan fingerprint density at radius 3 is 2.50 bits per heavy atom. The van der Waals surface area contributed by atoms with Crippen LogP contribution in [-0.4, -0.2) is 22.5 Å². The number of carboxylic acid groups (broad SMARTS) is 1. The number of aliphatic carboxylic acids is 1. The SMILES string of the molecule is CC(C)[C@](C)(NC(=O)c1ccsc1)C(=O)O.